The van der Waals surface area contributed by atoms with Gasteiger partial charge in [-0.2, -0.15) is 5.26 Å². The molecule has 2 N–H and O–H groups in total. The third-order valence-corrected chi connectivity index (χ3v) is 7.06. The Bertz CT molecular complexity index is 1250. The maximum absolute atomic E-state index is 14.9. The summed E-state index contributed by atoms with van der Waals surface area (Å²) in [6.07, 6.45) is 7.46. The summed E-state index contributed by atoms with van der Waals surface area (Å²) in [5.74, 6) is -0.396. The van der Waals surface area contributed by atoms with Crippen molar-refractivity contribution in [3.05, 3.63) is 53.0 Å². The van der Waals surface area contributed by atoms with Crippen LogP contribution in [0.4, 0.5) is 8.78 Å². The molecule has 33 heavy (non-hydrogen) atoms. The Morgan fingerprint density at radius 1 is 1.42 bits per heavy atom. The van der Waals surface area contributed by atoms with Gasteiger partial charge in [0.25, 0.3) is 0 Å². The fraction of sp³-hybridized carbons (Fsp3) is 0.348. The Hall–Kier alpha value is -3.50. The molecule has 0 bridgehead atoms. The van der Waals surface area contributed by atoms with Crippen LogP contribution in [-0.4, -0.2) is 31.8 Å². The summed E-state index contributed by atoms with van der Waals surface area (Å²) < 4.78 is 34.0. The average molecular weight is 468 g/mol. The molecule has 168 valence electrons. The standard InChI is InChI=1S/C23H19F2N5O2S/c1-4-12(2)32-19-10-28-16(9-29-19)17(31)7-13-5-14(20(25)15(24)6-13)22(3)18-8-23(18,11-26)33-21(27)30-22/h1,5-6,9-10,12,18H,7-8H2,2-3H3,(H2,27,30)/t12-,18-,22+,23+/m0/s1. The molecule has 7 nitrogen and oxygen atoms in total. The number of ketones is 1. The molecular formula is C23H19F2N5O2S. The minimum atomic E-state index is -1.22. The number of carbonyl (C=O) groups is 1. The lowest BCUT2D eigenvalue weighted by molar-refractivity contribution is 0.0987. The van der Waals surface area contributed by atoms with E-state index in [1.165, 1.54) is 18.5 Å². The predicted octanol–water partition coefficient (Wildman–Crippen LogP) is 3.14. The summed E-state index contributed by atoms with van der Waals surface area (Å²) in [5, 5.41) is 9.71. The van der Waals surface area contributed by atoms with Gasteiger partial charge >= 0.3 is 0 Å². The molecule has 0 radical (unpaired) electrons. The van der Waals surface area contributed by atoms with Crippen molar-refractivity contribution in [2.24, 2.45) is 16.6 Å². The smallest absolute Gasteiger partial charge is 0.233 e. The van der Waals surface area contributed by atoms with E-state index in [1.807, 2.05) is 0 Å². The van der Waals surface area contributed by atoms with Crippen molar-refractivity contribution in [3.63, 3.8) is 0 Å². The first-order valence-corrected chi connectivity index (χ1v) is 10.9. The summed E-state index contributed by atoms with van der Waals surface area (Å²) in [7, 11) is 0. The molecule has 10 heteroatoms. The number of thioether (sulfide) groups is 1. The van der Waals surface area contributed by atoms with E-state index in [0.29, 0.717) is 6.42 Å². The fourth-order valence-corrected chi connectivity index (χ4v) is 5.32. The molecule has 1 saturated carbocycles. The van der Waals surface area contributed by atoms with Crippen molar-refractivity contribution in [3.8, 4) is 24.3 Å². The highest BCUT2D eigenvalue weighted by Crippen LogP contribution is 2.65. The topological polar surface area (TPSA) is 114 Å². The number of nitriles is 1. The summed E-state index contributed by atoms with van der Waals surface area (Å²) in [6.45, 7) is 3.29. The van der Waals surface area contributed by atoms with E-state index in [-0.39, 0.29) is 40.2 Å². The molecule has 1 aromatic carbocycles. The summed E-state index contributed by atoms with van der Waals surface area (Å²) >= 11 is 1.15. The monoisotopic (exact) mass is 467 g/mol. The van der Waals surface area contributed by atoms with Gasteiger partial charge in [-0.25, -0.2) is 18.7 Å². The van der Waals surface area contributed by atoms with E-state index >= 15 is 0 Å². The predicted molar refractivity (Wildman–Crippen MR) is 118 cm³/mol. The van der Waals surface area contributed by atoms with Crippen LogP contribution < -0.4 is 10.5 Å². The lowest BCUT2D eigenvalue weighted by Gasteiger charge is -2.32. The molecule has 1 fully saturated rings. The van der Waals surface area contributed by atoms with Gasteiger partial charge in [0.2, 0.25) is 5.88 Å². The molecule has 1 aliphatic heterocycles. The van der Waals surface area contributed by atoms with E-state index in [4.69, 9.17) is 16.9 Å². The maximum Gasteiger partial charge on any atom is 0.233 e. The van der Waals surface area contributed by atoms with Gasteiger partial charge in [-0.05, 0) is 38.0 Å². The Kier molecular flexibility index (Phi) is 5.59. The zero-order valence-corrected chi connectivity index (χ0v) is 18.6. The number of nitrogens with zero attached hydrogens (tertiary/aromatic N) is 4. The van der Waals surface area contributed by atoms with Crippen molar-refractivity contribution in [1.29, 1.82) is 5.26 Å². The van der Waals surface area contributed by atoms with E-state index in [2.05, 4.69) is 27.0 Å². The second kappa shape index (κ2) is 8.13. The number of hydrogen-bond acceptors (Lipinski definition) is 8. The Labute approximate surface area is 193 Å². The molecule has 4 atom stereocenters. The lowest BCUT2D eigenvalue weighted by Crippen LogP contribution is -2.35. The molecule has 1 aliphatic carbocycles. The van der Waals surface area contributed by atoms with Crippen LogP contribution in [0.15, 0.2) is 29.5 Å². The Balaban J connectivity index is 1.61. The van der Waals surface area contributed by atoms with Crippen molar-refractivity contribution >= 4 is 22.7 Å². The number of terminal acetylenes is 1. The van der Waals surface area contributed by atoms with Crippen molar-refractivity contribution < 1.29 is 18.3 Å². The molecule has 0 unspecified atom stereocenters. The quantitative estimate of drug-likeness (QED) is 0.513. The third-order valence-electron chi connectivity index (χ3n) is 5.85. The van der Waals surface area contributed by atoms with E-state index < -0.39 is 33.8 Å². The molecule has 2 aromatic rings. The summed E-state index contributed by atoms with van der Waals surface area (Å²) in [6, 6.07) is 4.60. The van der Waals surface area contributed by atoms with Crippen LogP contribution in [0.1, 0.15) is 41.9 Å². The maximum atomic E-state index is 14.9. The van der Waals surface area contributed by atoms with Crippen molar-refractivity contribution in [2.45, 2.75) is 43.1 Å². The SMILES string of the molecule is C#C[C@H](C)Oc1cnc(C(=O)Cc2cc(F)c(F)c([C@@]3(C)N=C(N)S[C@@]4(C#N)C[C@H]43)c2)cn1. The zero-order valence-electron chi connectivity index (χ0n) is 17.8. The second-order valence-corrected chi connectivity index (χ2v) is 9.51. The van der Waals surface area contributed by atoms with Gasteiger partial charge in [0, 0.05) is 17.9 Å². The number of benzene rings is 1. The minimum absolute atomic E-state index is 0.0335. The number of amidine groups is 1. The van der Waals surface area contributed by atoms with Crippen LogP contribution >= 0.6 is 11.8 Å². The number of carbonyl (C=O) groups excluding carboxylic acids is 1. The fourth-order valence-electron chi connectivity index (χ4n) is 4.05. The molecule has 1 aromatic heterocycles. The minimum Gasteiger partial charge on any atom is -0.460 e. The van der Waals surface area contributed by atoms with Crippen LogP contribution in [0.25, 0.3) is 0 Å². The number of Topliss-reactive ketones (excluding diaryl/α,β-unsaturated/α-hetero) is 1. The Morgan fingerprint density at radius 3 is 2.82 bits per heavy atom. The molecule has 0 saturated heterocycles. The first-order valence-electron chi connectivity index (χ1n) is 10.0. The van der Waals surface area contributed by atoms with E-state index in [0.717, 1.165) is 17.8 Å². The van der Waals surface area contributed by atoms with Crippen LogP contribution in [0.3, 0.4) is 0 Å². The van der Waals surface area contributed by atoms with Crippen LogP contribution in [0.5, 0.6) is 5.88 Å². The second-order valence-electron chi connectivity index (χ2n) is 8.16. The number of rotatable bonds is 6. The van der Waals surface area contributed by atoms with E-state index in [9.17, 15) is 18.8 Å². The molecule has 0 spiro atoms. The highest BCUT2D eigenvalue weighted by atomic mass is 32.2. The van der Waals surface area contributed by atoms with Gasteiger partial charge in [0.15, 0.2) is 28.7 Å². The van der Waals surface area contributed by atoms with Crippen LogP contribution in [0.2, 0.25) is 0 Å². The summed E-state index contributed by atoms with van der Waals surface area (Å²) in [4.78, 5) is 25.1. The van der Waals surface area contributed by atoms with Gasteiger partial charge in [0.1, 0.15) is 10.4 Å². The highest BCUT2D eigenvalue weighted by molar-refractivity contribution is 8.15. The lowest BCUT2D eigenvalue weighted by atomic mass is 9.84. The number of fused-ring (bicyclic) bond motifs is 1. The largest absolute Gasteiger partial charge is 0.460 e. The zero-order chi connectivity index (χ0) is 24.0. The molecule has 2 heterocycles. The first-order chi connectivity index (χ1) is 15.6. The third kappa shape index (κ3) is 4.03. The highest BCUT2D eigenvalue weighted by Gasteiger charge is 2.67. The normalized spacial score (nSPS) is 26.2. The van der Waals surface area contributed by atoms with Gasteiger partial charge in [-0.15, -0.1) is 6.42 Å². The summed E-state index contributed by atoms with van der Waals surface area (Å²) in [5.41, 5.74) is 4.94. The van der Waals surface area contributed by atoms with E-state index in [1.54, 1.807) is 13.8 Å². The van der Waals surface area contributed by atoms with Gasteiger partial charge < -0.3 is 10.5 Å². The molecule has 2 aliphatic rings. The van der Waals surface area contributed by atoms with Crippen molar-refractivity contribution in [2.75, 3.05) is 0 Å². The van der Waals surface area contributed by atoms with Gasteiger partial charge in [0.05, 0.1) is 24.0 Å². The van der Waals surface area contributed by atoms with Gasteiger partial charge in [-0.1, -0.05) is 17.7 Å². The van der Waals surface area contributed by atoms with Gasteiger partial charge in [-0.3, -0.25) is 9.79 Å². The number of halogens is 2. The molecule has 4 rings (SSSR count). The first kappa shape index (κ1) is 22.7. The number of aliphatic imine (C=N–C) groups is 1. The van der Waals surface area contributed by atoms with Crippen LogP contribution in [-0.2, 0) is 12.0 Å². The van der Waals surface area contributed by atoms with Crippen molar-refractivity contribution in [1.82, 2.24) is 9.97 Å². The number of aromatic nitrogens is 2. The Morgan fingerprint density at radius 2 is 2.18 bits per heavy atom. The average Bonchev–Trinajstić information content (AvgIpc) is 3.52. The van der Waals surface area contributed by atoms with Crippen LogP contribution in [0, 0.1) is 41.2 Å². The molecule has 0 amide bonds. The molecular weight excluding hydrogens is 448 g/mol. The number of hydrogen-bond donors (Lipinski definition) is 1. The number of nitrogens with two attached hydrogens (primary N) is 1. The number of ether oxygens (including phenoxy) is 1.